The molecule has 0 atom stereocenters. The molecule has 0 spiro atoms. The molecule has 0 fully saturated rings. The number of nitroso groups, excluding NO2 is 1. The molecule has 4 nitrogen and oxygen atoms in total. The Morgan fingerprint density at radius 1 is 1.21 bits per heavy atom. The van der Waals surface area contributed by atoms with E-state index in [1.54, 1.807) is 0 Å². The minimum atomic E-state index is -0.465. The van der Waals surface area contributed by atoms with Gasteiger partial charge in [0, 0.05) is 0 Å². The predicted octanol–water partition coefficient (Wildman–Crippen LogP) is 2.79. The maximum Gasteiger partial charge on any atom is 0.187 e. The lowest BCUT2D eigenvalue weighted by Crippen LogP contribution is -2.10. The van der Waals surface area contributed by atoms with Crippen LogP contribution in [0.15, 0.2) is 17.3 Å². The number of aromatic hydroxyl groups is 2. The molecule has 0 aliphatic rings. The SMILES string of the molecule is CC(C)(C)c1cc(O)c(O)c(N=O)c1. The van der Waals surface area contributed by atoms with Gasteiger partial charge in [-0.15, -0.1) is 4.91 Å². The van der Waals surface area contributed by atoms with Crippen molar-refractivity contribution in [2.75, 3.05) is 0 Å². The normalized spacial score (nSPS) is 11.4. The number of phenolic OH excluding ortho intramolecular Hbond substituents is 2. The van der Waals surface area contributed by atoms with E-state index in [0.717, 1.165) is 5.56 Å². The molecule has 0 amide bonds. The smallest absolute Gasteiger partial charge is 0.187 e. The van der Waals surface area contributed by atoms with E-state index < -0.39 is 5.75 Å². The molecule has 1 aromatic rings. The van der Waals surface area contributed by atoms with Crippen molar-refractivity contribution in [1.29, 1.82) is 0 Å². The second kappa shape index (κ2) is 3.29. The summed E-state index contributed by atoms with van der Waals surface area (Å²) >= 11 is 0. The van der Waals surface area contributed by atoms with Crippen LogP contribution in [0.2, 0.25) is 0 Å². The zero-order valence-corrected chi connectivity index (χ0v) is 8.40. The average Bonchev–Trinajstić information content (AvgIpc) is 2.07. The molecule has 0 heterocycles. The first kappa shape index (κ1) is 10.5. The van der Waals surface area contributed by atoms with Crippen LogP contribution < -0.4 is 0 Å². The second-order valence-electron chi connectivity index (χ2n) is 4.20. The monoisotopic (exact) mass is 195 g/mol. The van der Waals surface area contributed by atoms with Crippen LogP contribution in [0.25, 0.3) is 0 Å². The van der Waals surface area contributed by atoms with Crippen LogP contribution in [0, 0.1) is 4.91 Å². The molecule has 0 saturated heterocycles. The summed E-state index contributed by atoms with van der Waals surface area (Å²) in [7, 11) is 0. The van der Waals surface area contributed by atoms with Gasteiger partial charge in [-0.1, -0.05) is 20.8 Å². The fourth-order valence-electron chi connectivity index (χ4n) is 1.11. The van der Waals surface area contributed by atoms with Crippen molar-refractivity contribution in [2.45, 2.75) is 26.2 Å². The van der Waals surface area contributed by atoms with Crippen molar-refractivity contribution in [3.63, 3.8) is 0 Å². The molecule has 4 heteroatoms. The topological polar surface area (TPSA) is 69.9 Å². The van der Waals surface area contributed by atoms with Gasteiger partial charge in [0.05, 0.1) is 0 Å². The zero-order valence-electron chi connectivity index (χ0n) is 8.40. The Bertz CT molecular complexity index is 366. The van der Waals surface area contributed by atoms with Gasteiger partial charge >= 0.3 is 0 Å². The van der Waals surface area contributed by atoms with Gasteiger partial charge in [0.15, 0.2) is 17.2 Å². The minimum Gasteiger partial charge on any atom is -0.504 e. The van der Waals surface area contributed by atoms with Crippen molar-refractivity contribution in [3.05, 3.63) is 22.6 Å². The molecule has 1 rings (SSSR count). The quantitative estimate of drug-likeness (QED) is 0.534. The van der Waals surface area contributed by atoms with Crippen LogP contribution in [-0.4, -0.2) is 10.2 Å². The van der Waals surface area contributed by atoms with E-state index in [1.165, 1.54) is 12.1 Å². The van der Waals surface area contributed by atoms with Crippen molar-refractivity contribution in [2.24, 2.45) is 5.18 Å². The lowest BCUT2D eigenvalue weighted by Gasteiger charge is -2.19. The van der Waals surface area contributed by atoms with Crippen molar-refractivity contribution >= 4 is 5.69 Å². The fraction of sp³-hybridized carbons (Fsp3) is 0.400. The second-order valence-corrected chi connectivity index (χ2v) is 4.20. The molecule has 0 unspecified atom stereocenters. The highest BCUT2D eigenvalue weighted by Gasteiger charge is 2.18. The standard InChI is InChI=1S/C10H13NO3/c1-10(2,3)6-4-7(11-14)9(13)8(12)5-6/h4-5,12-13H,1-3H3. The summed E-state index contributed by atoms with van der Waals surface area (Å²) in [5.74, 6) is -0.778. The molecule has 0 saturated carbocycles. The third-order valence-corrected chi connectivity index (χ3v) is 2.03. The van der Waals surface area contributed by atoms with Crippen LogP contribution >= 0.6 is 0 Å². The number of hydrogen-bond acceptors (Lipinski definition) is 4. The number of phenols is 2. The Labute approximate surface area is 82.2 Å². The summed E-state index contributed by atoms with van der Waals surface area (Å²) in [4.78, 5) is 10.3. The largest absolute Gasteiger partial charge is 0.504 e. The van der Waals surface area contributed by atoms with Crippen LogP contribution in [0.5, 0.6) is 11.5 Å². The lowest BCUT2D eigenvalue weighted by molar-refractivity contribution is 0.402. The molecular weight excluding hydrogens is 182 g/mol. The molecule has 2 N–H and O–H groups in total. The van der Waals surface area contributed by atoms with E-state index in [1.807, 2.05) is 20.8 Å². The van der Waals surface area contributed by atoms with E-state index in [0.29, 0.717) is 0 Å². The highest BCUT2D eigenvalue weighted by molar-refractivity contribution is 5.60. The molecule has 0 aromatic heterocycles. The molecule has 76 valence electrons. The predicted molar refractivity (Wildman–Crippen MR) is 53.9 cm³/mol. The molecule has 0 aliphatic heterocycles. The number of nitrogens with zero attached hydrogens (tertiary/aromatic N) is 1. The van der Waals surface area contributed by atoms with Gasteiger partial charge in [0.1, 0.15) is 0 Å². The van der Waals surface area contributed by atoms with E-state index >= 15 is 0 Å². The first-order valence-electron chi connectivity index (χ1n) is 4.26. The van der Waals surface area contributed by atoms with Gasteiger partial charge in [-0.25, -0.2) is 0 Å². The summed E-state index contributed by atoms with van der Waals surface area (Å²) in [5, 5.41) is 21.2. The highest BCUT2D eigenvalue weighted by Crippen LogP contribution is 2.39. The van der Waals surface area contributed by atoms with E-state index in [2.05, 4.69) is 5.18 Å². The fourth-order valence-corrected chi connectivity index (χ4v) is 1.11. The van der Waals surface area contributed by atoms with Gasteiger partial charge < -0.3 is 10.2 Å². The summed E-state index contributed by atoms with van der Waals surface area (Å²) in [5.41, 5.74) is 0.419. The Morgan fingerprint density at radius 3 is 2.21 bits per heavy atom. The van der Waals surface area contributed by atoms with Crippen LogP contribution in [0.3, 0.4) is 0 Å². The third-order valence-electron chi connectivity index (χ3n) is 2.03. The summed E-state index contributed by atoms with van der Waals surface area (Å²) in [6.45, 7) is 5.81. The molecule has 14 heavy (non-hydrogen) atoms. The number of benzene rings is 1. The summed E-state index contributed by atoms with van der Waals surface area (Å²) in [6.07, 6.45) is 0. The van der Waals surface area contributed by atoms with Crippen molar-refractivity contribution in [1.82, 2.24) is 0 Å². The highest BCUT2D eigenvalue weighted by atomic mass is 16.3. The van der Waals surface area contributed by atoms with Crippen molar-refractivity contribution in [3.8, 4) is 11.5 Å². The molecule has 0 aliphatic carbocycles. The first-order chi connectivity index (χ1) is 6.36. The summed E-state index contributed by atoms with van der Waals surface area (Å²) < 4.78 is 0. The van der Waals surface area contributed by atoms with E-state index in [-0.39, 0.29) is 16.9 Å². The lowest BCUT2D eigenvalue weighted by atomic mass is 9.86. The van der Waals surface area contributed by atoms with Gasteiger partial charge in [-0.3, -0.25) is 0 Å². The van der Waals surface area contributed by atoms with Gasteiger partial charge in [-0.05, 0) is 28.3 Å². The Kier molecular flexibility index (Phi) is 2.47. The molecule has 0 bridgehead atoms. The van der Waals surface area contributed by atoms with Crippen LogP contribution in [-0.2, 0) is 5.41 Å². The Morgan fingerprint density at radius 2 is 1.79 bits per heavy atom. The Hall–Kier alpha value is -1.58. The number of hydrogen-bond donors (Lipinski definition) is 2. The van der Waals surface area contributed by atoms with Crippen LogP contribution in [0.4, 0.5) is 5.69 Å². The minimum absolute atomic E-state index is 0.130. The average molecular weight is 195 g/mol. The zero-order chi connectivity index (χ0) is 10.9. The maximum absolute atomic E-state index is 10.3. The van der Waals surface area contributed by atoms with Crippen LogP contribution in [0.1, 0.15) is 26.3 Å². The maximum atomic E-state index is 10.3. The summed E-state index contributed by atoms with van der Waals surface area (Å²) in [6, 6.07) is 2.91. The van der Waals surface area contributed by atoms with Crippen molar-refractivity contribution < 1.29 is 10.2 Å². The van der Waals surface area contributed by atoms with E-state index in [9.17, 15) is 15.1 Å². The van der Waals surface area contributed by atoms with Gasteiger partial charge in [0.25, 0.3) is 0 Å². The van der Waals surface area contributed by atoms with Gasteiger partial charge in [0.2, 0.25) is 0 Å². The molecule has 0 radical (unpaired) electrons. The number of rotatable bonds is 1. The Balaban J connectivity index is 3.37. The van der Waals surface area contributed by atoms with Gasteiger partial charge in [-0.2, -0.15) is 0 Å². The molecule has 1 aromatic carbocycles. The molecular formula is C10H13NO3. The van der Waals surface area contributed by atoms with E-state index in [4.69, 9.17) is 0 Å². The third kappa shape index (κ3) is 1.84. The first-order valence-corrected chi connectivity index (χ1v) is 4.26.